The molecule has 0 spiro atoms. The van der Waals surface area contributed by atoms with Gasteiger partial charge in [0.1, 0.15) is 0 Å². The van der Waals surface area contributed by atoms with Gasteiger partial charge < -0.3 is 10.2 Å². The molecule has 0 amide bonds. The number of nitrogens with zero attached hydrogens (tertiary/aromatic N) is 2. The SMILES string of the molecule is C=CN(CNC=NC)c1cc(C=C(C)C)ccc1-c1ccccc1. The molecule has 0 atom stereocenters. The Morgan fingerprint density at radius 2 is 1.92 bits per heavy atom. The van der Waals surface area contributed by atoms with Crippen LogP contribution in [0.1, 0.15) is 19.4 Å². The van der Waals surface area contributed by atoms with E-state index in [0.29, 0.717) is 6.67 Å². The second kappa shape index (κ2) is 8.73. The Balaban J connectivity index is 2.50. The fourth-order valence-corrected chi connectivity index (χ4v) is 2.55. The minimum absolute atomic E-state index is 0.610. The Bertz CT molecular complexity index is 726. The standard InChI is InChI=1S/C21H25N3/c1-5-24(16-23-15-22-4)21-14-18(13-17(2)3)11-12-20(21)19-9-7-6-8-10-19/h5-15H,1,16H2,2-4H3,(H,22,23). The molecule has 0 heterocycles. The number of benzene rings is 2. The highest BCUT2D eigenvalue weighted by molar-refractivity contribution is 5.81. The van der Waals surface area contributed by atoms with E-state index >= 15 is 0 Å². The quantitative estimate of drug-likeness (QED) is 0.445. The molecule has 3 heteroatoms. The second-order valence-electron chi connectivity index (χ2n) is 5.77. The molecule has 0 bridgehead atoms. The van der Waals surface area contributed by atoms with E-state index in [1.807, 2.05) is 12.3 Å². The molecular formula is C21H25N3. The Morgan fingerprint density at radius 3 is 2.54 bits per heavy atom. The molecule has 0 aliphatic rings. The van der Waals surface area contributed by atoms with E-state index < -0.39 is 0 Å². The number of anilines is 1. The average molecular weight is 319 g/mol. The second-order valence-corrected chi connectivity index (χ2v) is 5.77. The normalized spacial score (nSPS) is 10.5. The van der Waals surface area contributed by atoms with Gasteiger partial charge in [-0.15, -0.1) is 0 Å². The van der Waals surface area contributed by atoms with E-state index in [1.54, 1.807) is 13.4 Å². The summed E-state index contributed by atoms with van der Waals surface area (Å²) >= 11 is 0. The zero-order valence-electron chi connectivity index (χ0n) is 14.7. The van der Waals surface area contributed by atoms with Crippen LogP contribution in [0.5, 0.6) is 0 Å². The number of allylic oxidation sites excluding steroid dienone is 1. The lowest BCUT2D eigenvalue weighted by Gasteiger charge is -2.24. The highest BCUT2D eigenvalue weighted by Gasteiger charge is 2.11. The minimum Gasteiger partial charge on any atom is -0.359 e. The Morgan fingerprint density at radius 1 is 1.17 bits per heavy atom. The summed E-state index contributed by atoms with van der Waals surface area (Å²) in [4.78, 5) is 6.06. The smallest absolute Gasteiger partial charge is 0.0926 e. The molecule has 0 fully saturated rings. The lowest BCUT2D eigenvalue weighted by atomic mass is 10.00. The highest BCUT2D eigenvalue weighted by Crippen LogP contribution is 2.32. The first kappa shape index (κ1) is 17.5. The van der Waals surface area contributed by atoms with Gasteiger partial charge in [-0.25, -0.2) is 0 Å². The van der Waals surface area contributed by atoms with Crippen LogP contribution in [0.3, 0.4) is 0 Å². The van der Waals surface area contributed by atoms with Crippen LogP contribution in [0.25, 0.3) is 17.2 Å². The fraction of sp³-hybridized carbons (Fsp3) is 0.190. The average Bonchev–Trinajstić information content (AvgIpc) is 2.59. The van der Waals surface area contributed by atoms with Crippen LogP contribution in [0.4, 0.5) is 5.69 Å². The Labute approximate surface area is 145 Å². The van der Waals surface area contributed by atoms with Crippen molar-refractivity contribution in [2.75, 3.05) is 18.6 Å². The van der Waals surface area contributed by atoms with E-state index in [0.717, 1.165) is 5.69 Å². The van der Waals surface area contributed by atoms with E-state index in [9.17, 15) is 0 Å². The van der Waals surface area contributed by atoms with E-state index in [2.05, 4.69) is 84.2 Å². The van der Waals surface area contributed by atoms with Crippen LogP contribution in [-0.4, -0.2) is 20.1 Å². The number of rotatable bonds is 7. The van der Waals surface area contributed by atoms with Crippen LogP contribution in [0, 0.1) is 0 Å². The summed E-state index contributed by atoms with van der Waals surface area (Å²) in [6.45, 7) is 8.79. The van der Waals surface area contributed by atoms with E-state index in [4.69, 9.17) is 0 Å². The Kier molecular flexibility index (Phi) is 6.38. The molecule has 0 aliphatic heterocycles. The summed E-state index contributed by atoms with van der Waals surface area (Å²) < 4.78 is 0. The fourth-order valence-electron chi connectivity index (χ4n) is 2.55. The maximum atomic E-state index is 3.97. The molecular weight excluding hydrogens is 294 g/mol. The van der Waals surface area contributed by atoms with Gasteiger partial charge in [-0.2, -0.15) is 0 Å². The summed E-state index contributed by atoms with van der Waals surface area (Å²) in [6, 6.07) is 16.9. The van der Waals surface area contributed by atoms with Crippen molar-refractivity contribution >= 4 is 18.1 Å². The predicted octanol–water partition coefficient (Wildman–Crippen LogP) is 4.93. The zero-order chi connectivity index (χ0) is 17.4. The van der Waals surface area contributed by atoms with Gasteiger partial charge >= 0.3 is 0 Å². The van der Waals surface area contributed by atoms with Crippen molar-refractivity contribution < 1.29 is 0 Å². The molecule has 0 saturated heterocycles. The van der Waals surface area contributed by atoms with Crippen LogP contribution < -0.4 is 10.2 Å². The molecule has 0 radical (unpaired) electrons. The lowest BCUT2D eigenvalue weighted by Crippen LogP contribution is -2.29. The third kappa shape index (κ3) is 4.59. The monoisotopic (exact) mass is 319 g/mol. The Hall–Kier alpha value is -2.81. The molecule has 124 valence electrons. The molecule has 24 heavy (non-hydrogen) atoms. The van der Waals surface area contributed by atoms with Crippen molar-refractivity contribution in [1.29, 1.82) is 0 Å². The molecule has 0 saturated carbocycles. The lowest BCUT2D eigenvalue weighted by molar-refractivity contribution is 0.885. The third-order valence-electron chi connectivity index (χ3n) is 3.57. The van der Waals surface area contributed by atoms with Gasteiger partial charge in [-0.3, -0.25) is 4.99 Å². The molecule has 2 rings (SSSR count). The molecule has 2 aromatic rings. The molecule has 0 aromatic heterocycles. The summed E-state index contributed by atoms with van der Waals surface area (Å²) in [6.07, 6.45) is 5.71. The van der Waals surface area contributed by atoms with E-state index in [1.165, 1.54) is 22.3 Å². The van der Waals surface area contributed by atoms with Gasteiger partial charge in [0.2, 0.25) is 0 Å². The van der Waals surface area contributed by atoms with Crippen molar-refractivity contribution in [3.63, 3.8) is 0 Å². The largest absolute Gasteiger partial charge is 0.359 e. The van der Waals surface area contributed by atoms with Gasteiger partial charge in [-0.1, -0.05) is 60.7 Å². The summed E-state index contributed by atoms with van der Waals surface area (Å²) in [5, 5.41) is 3.17. The maximum Gasteiger partial charge on any atom is 0.0926 e. The first-order valence-corrected chi connectivity index (χ1v) is 8.03. The highest BCUT2D eigenvalue weighted by atomic mass is 15.2. The predicted molar refractivity (Wildman–Crippen MR) is 106 cm³/mol. The molecule has 2 aromatic carbocycles. The van der Waals surface area contributed by atoms with Crippen molar-refractivity contribution in [1.82, 2.24) is 5.32 Å². The summed E-state index contributed by atoms with van der Waals surface area (Å²) in [5.74, 6) is 0. The molecule has 3 nitrogen and oxygen atoms in total. The zero-order valence-corrected chi connectivity index (χ0v) is 14.7. The van der Waals surface area contributed by atoms with Crippen LogP contribution in [0.2, 0.25) is 0 Å². The molecule has 0 aliphatic carbocycles. The van der Waals surface area contributed by atoms with Gasteiger partial charge in [0, 0.05) is 12.6 Å². The number of nitrogens with one attached hydrogen (secondary N) is 1. The summed E-state index contributed by atoms with van der Waals surface area (Å²) in [5.41, 5.74) is 5.93. The molecule has 1 N–H and O–H groups in total. The first-order valence-electron chi connectivity index (χ1n) is 8.03. The summed E-state index contributed by atoms with van der Waals surface area (Å²) in [7, 11) is 1.75. The van der Waals surface area contributed by atoms with Gasteiger partial charge in [0.15, 0.2) is 0 Å². The number of aliphatic imine (C=N–C) groups is 1. The van der Waals surface area contributed by atoms with Crippen LogP contribution >= 0.6 is 0 Å². The van der Waals surface area contributed by atoms with Gasteiger partial charge in [0.05, 0.1) is 18.7 Å². The minimum atomic E-state index is 0.610. The van der Waals surface area contributed by atoms with Crippen molar-refractivity contribution in [2.24, 2.45) is 4.99 Å². The first-order chi connectivity index (χ1) is 11.7. The maximum absolute atomic E-state index is 3.97. The van der Waals surface area contributed by atoms with Gasteiger partial charge in [-0.05, 0) is 37.2 Å². The van der Waals surface area contributed by atoms with Crippen molar-refractivity contribution in [2.45, 2.75) is 13.8 Å². The van der Waals surface area contributed by atoms with Crippen molar-refractivity contribution in [3.8, 4) is 11.1 Å². The molecule has 0 unspecified atom stereocenters. The number of hydrogen-bond acceptors (Lipinski definition) is 2. The topological polar surface area (TPSA) is 27.6 Å². The van der Waals surface area contributed by atoms with Gasteiger partial charge in [0.25, 0.3) is 0 Å². The van der Waals surface area contributed by atoms with Crippen molar-refractivity contribution in [3.05, 3.63) is 72.4 Å². The van der Waals surface area contributed by atoms with Crippen LogP contribution in [-0.2, 0) is 0 Å². The number of hydrogen-bond donors (Lipinski definition) is 1. The third-order valence-corrected chi connectivity index (χ3v) is 3.57. The van der Waals surface area contributed by atoms with E-state index in [-0.39, 0.29) is 0 Å². The van der Waals surface area contributed by atoms with Crippen LogP contribution in [0.15, 0.2) is 71.9 Å².